The van der Waals surface area contributed by atoms with E-state index in [9.17, 15) is 0 Å². The number of thiophene rings is 2. The molecule has 2 aromatic heterocycles. The van der Waals surface area contributed by atoms with Crippen LogP contribution in [0.25, 0.3) is 0 Å². The lowest BCUT2D eigenvalue weighted by molar-refractivity contribution is 0.895. The van der Waals surface area contributed by atoms with Crippen molar-refractivity contribution in [3.8, 4) is 0 Å². The molecule has 0 aromatic carbocycles. The van der Waals surface area contributed by atoms with Gasteiger partial charge in [0.2, 0.25) is 0 Å². The van der Waals surface area contributed by atoms with Gasteiger partial charge < -0.3 is 5.73 Å². The fourth-order valence-electron chi connectivity index (χ4n) is 1.13. The Bertz CT molecular complexity index is 380. The average Bonchev–Trinajstić information content (AvgIpc) is 2.72. The minimum Gasteiger partial charge on any atom is -0.320 e. The zero-order valence-corrected chi connectivity index (χ0v) is 9.95. The minimum absolute atomic E-state index is 0.0145. The van der Waals surface area contributed by atoms with E-state index in [1.165, 1.54) is 10.4 Å². The van der Waals surface area contributed by atoms with E-state index < -0.39 is 0 Å². The van der Waals surface area contributed by atoms with E-state index in [1.807, 2.05) is 11.4 Å². The number of nitrogens with two attached hydrogens (primary N) is 1. The second-order valence-corrected chi connectivity index (χ2v) is 5.25. The van der Waals surface area contributed by atoms with Gasteiger partial charge in [0.25, 0.3) is 0 Å². The number of hydrogen-bond acceptors (Lipinski definition) is 3. The standard InChI is InChI=1S/C9H8BrNS2/c10-7-2-4-13-9(7)8(11)6-1-3-12-5-6/h1-5,8H,11H2/t8-/m1/s1. The summed E-state index contributed by atoms with van der Waals surface area (Å²) in [6, 6.07) is 4.12. The molecule has 0 aliphatic heterocycles. The van der Waals surface area contributed by atoms with E-state index in [2.05, 4.69) is 32.8 Å². The third kappa shape index (κ3) is 1.86. The Morgan fingerprint density at radius 2 is 2.15 bits per heavy atom. The fourth-order valence-corrected chi connectivity index (χ4v) is 3.48. The van der Waals surface area contributed by atoms with Gasteiger partial charge in [-0.1, -0.05) is 0 Å². The molecule has 0 aliphatic rings. The van der Waals surface area contributed by atoms with Crippen LogP contribution in [0.5, 0.6) is 0 Å². The van der Waals surface area contributed by atoms with Crippen molar-refractivity contribution in [3.63, 3.8) is 0 Å². The summed E-state index contributed by atoms with van der Waals surface area (Å²) in [4.78, 5) is 1.19. The third-order valence-corrected chi connectivity index (χ3v) is 4.48. The summed E-state index contributed by atoms with van der Waals surface area (Å²) in [5.41, 5.74) is 7.28. The fraction of sp³-hybridized carbons (Fsp3) is 0.111. The lowest BCUT2D eigenvalue weighted by Crippen LogP contribution is -2.09. The maximum atomic E-state index is 6.09. The smallest absolute Gasteiger partial charge is 0.0665 e. The van der Waals surface area contributed by atoms with Gasteiger partial charge >= 0.3 is 0 Å². The quantitative estimate of drug-likeness (QED) is 0.889. The predicted octanol–water partition coefficient (Wildman–Crippen LogP) is 3.62. The molecule has 1 atom stereocenters. The van der Waals surface area contributed by atoms with E-state index >= 15 is 0 Å². The SMILES string of the molecule is N[C@H](c1ccsc1)c1sccc1Br. The van der Waals surface area contributed by atoms with E-state index in [0.717, 1.165) is 4.47 Å². The van der Waals surface area contributed by atoms with Crippen LogP contribution in [0.2, 0.25) is 0 Å². The number of rotatable bonds is 2. The number of halogens is 1. The molecule has 0 aliphatic carbocycles. The number of hydrogen-bond donors (Lipinski definition) is 1. The van der Waals surface area contributed by atoms with Crippen LogP contribution in [0.1, 0.15) is 16.5 Å². The topological polar surface area (TPSA) is 26.0 Å². The molecular weight excluding hydrogens is 266 g/mol. The van der Waals surface area contributed by atoms with Gasteiger partial charge in [-0.3, -0.25) is 0 Å². The first-order chi connectivity index (χ1) is 6.29. The molecule has 0 unspecified atom stereocenters. The van der Waals surface area contributed by atoms with Crippen molar-refractivity contribution in [2.24, 2.45) is 5.73 Å². The van der Waals surface area contributed by atoms with Crippen molar-refractivity contribution in [2.45, 2.75) is 6.04 Å². The minimum atomic E-state index is 0.0145. The third-order valence-electron chi connectivity index (χ3n) is 1.83. The zero-order chi connectivity index (χ0) is 9.26. The van der Waals surface area contributed by atoms with Crippen LogP contribution in [-0.4, -0.2) is 0 Å². The molecule has 2 heterocycles. The highest BCUT2D eigenvalue weighted by Crippen LogP contribution is 2.32. The van der Waals surface area contributed by atoms with Crippen LogP contribution in [0.4, 0.5) is 0 Å². The van der Waals surface area contributed by atoms with E-state index in [4.69, 9.17) is 5.73 Å². The van der Waals surface area contributed by atoms with Crippen molar-refractivity contribution in [1.82, 2.24) is 0 Å². The van der Waals surface area contributed by atoms with Crippen LogP contribution in [0.15, 0.2) is 32.7 Å². The van der Waals surface area contributed by atoms with Gasteiger partial charge in [0.15, 0.2) is 0 Å². The van der Waals surface area contributed by atoms with Gasteiger partial charge in [0, 0.05) is 9.35 Å². The van der Waals surface area contributed by atoms with Crippen LogP contribution in [-0.2, 0) is 0 Å². The second kappa shape index (κ2) is 3.92. The molecule has 0 fully saturated rings. The van der Waals surface area contributed by atoms with Crippen LogP contribution < -0.4 is 5.73 Å². The summed E-state index contributed by atoms with van der Waals surface area (Å²) >= 11 is 6.86. The summed E-state index contributed by atoms with van der Waals surface area (Å²) in [5.74, 6) is 0. The first-order valence-electron chi connectivity index (χ1n) is 3.79. The summed E-state index contributed by atoms with van der Waals surface area (Å²) in [6.45, 7) is 0. The molecule has 1 nitrogen and oxygen atoms in total. The summed E-state index contributed by atoms with van der Waals surface area (Å²) < 4.78 is 1.11. The highest BCUT2D eigenvalue weighted by Gasteiger charge is 2.13. The van der Waals surface area contributed by atoms with Gasteiger partial charge in [0.05, 0.1) is 6.04 Å². The molecule has 13 heavy (non-hydrogen) atoms. The monoisotopic (exact) mass is 273 g/mol. The molecule has 2 rings (SSSR count). The highest BCUT2D eigenvalue weighted by molar-refractivity contribution is 9.10. The molecule has 0 radical (unpaired) electrons. The van der Waals surface area contributed by atoms with Crippen LogP contribution >= 0.6 is 38.6 Å². The Hall–Kier alpha value is -0.160. The molecule has 4 heteroatoms. The van der Waals surface area contributed by atoms with E-state index in [-0.39, 0.29) is 6.04 Å². The average molecular weight is 274 g/mol. The summed E-state index contributed by atoms with van der Waals surface area (Å²) in [6.07, 6.45) is 0. The van der Waals surface area contributed by atoms with Gasteiger partial charge in [-0.2, -0.15) is 11.3 Å². The first kappa shape index (κ1) is 9.40. The molecule has 2 aromatic rings. The molecule has 0 bridgehead atoms. The molecule has 0 saturated carbocycles. The van der Waals surface area contributed by atoms with E-state index in [0.29, 0.717) is 0 Å². The van der Waals surface area contributed by atoms with Crippen molar-refractivity contribution in [3.05, 3.63) is 43.2 Å². The normalized spacial score (nSPS) is 13.1. The van der Waals surface area contributed by atoms with Crippen molar-refractivity contribution >= 4 is 38.6 Å². The van der Waals surface area contributed by atoms with Crippen molar-refractivity contribution in [1.29, 1.82) is 0 Å². The first-order valence-corrected chi connectivity index (χ1v) is 6.41. The Labute approximate surface area is 93.3 Å². The molecule has 68 valence electrons. The molecular formula is C9H8BrNS2. The predicted molar refractivity (Wildman–Crippen MR) is 62.4 cm³/mol. The Kier molecular flexibility index (Phi) is 2.83. The van der Waals surface area contributed by atoms with E-state index in [1.54, 1.807) is 22.7 Å². The largest absolute Gasteiger partial charge is 0.320 e. The Morgan fingerprint density at radius 3 is 2.69 bits per heavy atom. The van der Waals surface area contributed by atoms with Crippen LogP contribution in [0, 0.1) is 0 Å². The molecule has 0 amide bonds. The lowest BCUT2D eigenvalue weighted by Gasteiger charge is -2.07. The maximum absolute atomic E-state index is 6.09. The van der Waals surface area contributed by atoms with Crippen molar-refractivity contribution in [2.75, 3.05) is 0 Å². The van der Waals surface area contributed by atoms with Gasteiger partial charge in [0.1, 0.15) is 0 Å². The Morgan fingerprint density at radius 1 is 1.31 bits per heavy atom. The maximum Gasteiger partial charge on any atom is 0.0665 e. The highest BCUT2D eigenvalue weighted by atomic mass is 79.9. The molecule has 0 saturated heterocycles. The molecule has 2 N–H and O–H groups in total. The molecule has 0 spiro atoms. The summed E-state index contributed by atoms with van der Waals surface area (Å²) in [7, 11) is 0. The second-order valence-electron chi connectivity index (χ2n) is 2.67. The van der Waals surface area contributed by atoms with Gasteiger partial charge in [-0.15, -0.1) is 11.3 Å². The van der Waals surface area contributed by atoms with Gasteiger partial charge in [-0.05, 0) is 49.8 Å². The Balaban J connectivity index is 2.33. The summed E-state index contributed by atoms with van der Waals surface area (Å²) in [5, 5.41) is 6.19. The van der Waals surface area contributed by atoms with Crippen LogP contribution in [0.3, 0.4) is 0 Å². The van der Waals surface area contributed by atoms with Crippen molar-refractivity contribution < 1.29 is 0 Å². The lowest BCUT2D eigenvalue weighted by atomic mass is 10.1. The zero-order valence-electron chi connectivity index (χ0n) is 6.74. The van der Waals surface area contributed by atoms with Gasteiger partial charge in [-0.25, -0.2) is 0 Å².